The van der Waals surface area contributed by atoms with Crippen LogP contribution in [0.4, 0.5) is 5.69 Å². The largest absolute Gasteiger partial charge is 0.497 e. The molecule has 1 atom stereocenters. The van der Waals surface area contributed by atoms with Crippen molar-refractivity contribution in [1.82, 2.24) is 10.2 Å². The zero-order chi connectivity index (χ0) is 29.6. The first-order chi connectivity index (χ1) is 19.6. The maximum atomic E-state index is 14.0. The third kappa shape index (κ3) is 7.59. The van der Waals surface area contributed by atoms with E-state index in [2.05, 4.69) is 5.32 Å². The number of methoxy groups -OCH3 is 1. The van der Waals surface area contributed by atoms with Crippen LogP contribution in [0.3, 0.4) is 0 Å². The molecule has 3 aromatic rings. The van der Waals surface area contributed by atoms with Crippen molar-refractivity contribution in [2.75, 3.05) is 18.0 Å². The van der Waals surface area contributed by atoms with E-state index in [1.807, 2.05) is 13.0 Å². The van der Waals surface area contributed by atoms with Crippen LogP contribution in [0.15, 0.2) is 77.7 Å². The molecule has 0 heterocycles. The molecule has 4 rings (SSSR count). The second kappa shape index (κ2) is 13.4. The Morgan fingerprint density at radius 1 is 1.02 bits per heavy atom. The minimum Gasteiger partial charge on any atom is -0.497 e. The second-order valence-corrected chi connectivity index (χ2v) is 12.6. The van der Waals surface area contributed by atoms with Gasteiger partial charge in [0, 0.05) is 17.6 Å². The minimum absolute atomic E-state index is 0.0140. The fourth-order valence-electron chi connectivity index (χ4n) is 4.92. The van der Waals surface area contributed by atoms with E-state index in [-0.39, 0.29) is 23.4 Å². The highest BCUT2D eigenvalue weighted by Crippen LogP contribution is 2.27. The molecular formula is C31H36ClN3O5S. The predicted octanol–water partition coefficient (Wildman–Crippen LogP) is 5.33. The summed E-state index contributed by atoms with van der Waals surface area (Å²) >= 11 is 6.21. The summed E-state index contributed by atoms with van der Waals surface area (Å²) in [4.78, 5) is 28.8. The molecule has 1 aliphatic rings. The number of nitrogens with zero attached hydrogens (tertiary/aromatic N) is 2. The molecule has 1 saturated carbocycles. The second-order valence-electron chi connectivity index (χ2n) is 10.3. The van der Waals surface area contributed by atoms with Gasteiger partial charge in [-0.25, -0.2) is 8.42 Å². The first kappa shape index (κ1) is 30.4. The molecule has 1 N–H and O–H groups in total. The van der Waals surface area contributed by atoms with Gasteiger partial charge in [0.25, 0.3) is 10.0 Å². The maximum absolute atomic E-state index is 14.0. The van der Waals surface area contributed by atoms with E-state index in [4.69, 9.17) is 16.3 Å². The summed E-state index contributed by atoms with van der Waals surface area (Å²) in [6, 6.07) is 19.2. The van der Waals surface area contributed by atoms with E-state index in [0.29, 0.717) is 16.5 Å². The molecule has 0 unspecified atom stereocenters. The van der Waals surface area contributed by atoms with E-state index in [1.54, 1.807) is 61.5 Å². The van der Waals surface area contributed by atoms with Crippen molar-refractivity contribution < 1.29 is 22.7 Å². The van der Waals surface area contributed by atoms with Crippen molar-refractivity contribution in [3.05, 3.63) is 88.9 Å². The van der Waals surface area contributed by atoms with Crippen LogP contribution < -0.4 is 14.4 Å². The van der Waals surface area contributed by atoms with Crippen molar-refractivity contribution in [3.63, 3.8) is 0 Å². The monoisotopic (exact) mass is 597 g/mol. The minimum atomic E-state index is -4.16. The van der Waals surface area contributed by atoms with Gasteiger partial charge in [-0.1, -0.05) is 54.3 Å². The molecule has 1 fully saturated rings. The van der Waals surface area contributed by atoms with Crippen molar-refractivity contribution in [1.29, 1.82) is 0 Å². The summed E-state index contributed by atoms with van der Waals surface area (Å²) in [7, 11) is -2.66. The van der Waals surface area contributed by atoms with Gasteiger partial charge in [-0.15, -0.1) is 0 Å². The average Bonchev–Trinajstić information content (AvgIpc) is 3.48. The van der Waals surface area contributed by atoms with E-state index >= 15 is 0 Å². The number of carbonyl (C=O) groups excluding carboxylic acids is 2. The number of hydrogen-bond acceptors (Lipinski definition) is 5. The number of anilines is 1. The number of carbonyl (C=O) groups is 2. The molecule has 0 aliphatic heterocycles. The van der Waals surface area contributed by atoms with Crippen molar-refractivity contribution in [2.24, 2.45) is 0 Å². The first-order valence-electron chi connectivity index (χ1n) is 13.7. The Morgan fingerprint density at radius 2 is 1.68 bits per heavy atom. The third-order valence-electron chi connectivity index (χ3n) is 7.36. The number of halogens is 1. The fourth-order valence-corrected chi connectivity index (χ4v) is 6.55. The molecule has 8 nitrogen and oxygen atoms in total. The molecule has 0 saturated heterocycles. The maximum Gasteiger partial charge on any atom is 0.264 e. The highest BCUT2D eigenvalue weighted by Gasteiger charge is 2.33. The van der Waals surface area contributed by atoms with Crippen LogP contribution in [0.25, 0.3) is 0 Å². The molecule has 0 bridgehead atoms. The molecule has 41 heavy (non-hydrogen) atoms. The zero-order valence-corrected chi connectivity index (χ0v) is 25.1. The summed E-state index contributed by atoms with van der Waals surface area (Å²) in [6.07, 6.45) is 3.92. The number of rotatable bonds is 11. The summed E-state index contributed by atoms with van der Waals surface area (Å²) in [5, 5.41) is 3.57. The number of aryl methyl sites for hydroxylation is 1. The number of amides is 2. The van der Waals surface area contributed by atoms with Gasteiger partial charge in [0.05, 0.1) is 17.7 Å². The van der Waals surface area contributed by atoms with Crippen molar-refractivity contribution >= 4 is 39.1 Å². The topological polar surface area (TPSA) is 96.0 Å². The quantitative estimate of drug-likeness (QED) is 0.322. The standard InChI is InChI=1S/C31H36ClN3O5S/c1-22-11-13-27(14-12-22)35(41(38,39)29-17-15-28(40-3)16-18-29)21-30(36)34(20-24-7-6-8-25(32)19-24)23(2)31(37)33-26-9-4-5-10-26/h6-8,11-19,23,26H,4-5,9-10,20-21H2,1-3H3,(H,33,37)/t23-/m1/s1. The van der Waals surface area contributed by atoms with E-state index in [0.717, 1.165) is 41.1 Å². The summed E-state index contributed by atoms with van der Waals surface area (Å²) in [5.41, 5.74) is 2.01. The highest BCUT2D eigenvalue weighted by atomic mass is 35.5. The Hall–Kier alpha value is -3.56. The highest BCUT2D eigenvalue weighted by molar-refractivity contribution is 7.92. The van der Waals surface area contributed by atoms with Gasteiger partial charge in [-0.2, -0.15) is 0 Å². The van der Waals surface area contributed by atoms with Crippen LogP contribution in [-0.4, -0.2) is 50.9 Å². The van der Waals surface area contributed by atoms with E-state index in [1.165, 1.54) is 24.1 Å². The number of sulfonamides is 1. The molecule has 1 aliphatic carbocycles. The van der Waals surface area contributed by atoms with Crippen LogP contribution in [0.1, 0.15) is 43.7 Å². The number of nitrogens with one attached hydrogen (secondary N) is 1. The third-order valence-corrected chi connectivity index (χ3v) is 9.38. The SMILES string of the molecule is COc1ccc(S(=O)(=O)N(CC(=O)N(Cc2cccc(Cl)c2)[C@H](C)C(=O)NC2CCCC2)c2ccc(C)cc2)cc1. The lowest BCUT2D eigenvalue weighted by molar-refractivity contribution is -0.139. The van der Waals surface area contributed by atoms with Gasteiger partial charge in [-0.3, -0.25) is 13.9 Å². The fraction of sp³-hybridized carbons (Fsp3) is 0.355. The lowest BCUT2D eigenvalue weighted by atomic mass is 10.1. The van der Waals surface area contributed by atoms with Gasteiger partial charge in [0.15, 0.2) is 0 Å². The Morgan fingerprint density at radius 3 is 2.29 bits per heavy atom. The van der Waals surface area contributed by atoms with Gasteiger partial charge in [0.1, 0.15) is 18.3 Å². The van der Waals surface area contributed by atoms with Gasteiger partial charge >= 0.3 is 0 Å². The first-order valence-corrected chi connectivity index (χ1v) is 15.5. The van der Waals surface area contributed by atoms with E-state index < -0.39 is 28.5 Å². The molecule has 2 amide bonds. The number of ether oxygens (including phenoxy) is 1. The molecule has 0 radical (unpaired) electrons. The van der Waals surface area contributed by atoms with Gasteiger partial charge in [0.2, 0.25) is 11.8 Å². The van der Waals surface area contributed by atoms with Crippen LogP contribution in [0.5, 0.6) is 5.75 Å². The number of hydrogen-bond donors (Lipinski definition) is 1. The van der Waals surface area contributed by atoms with Gasteiger partial charge < -0.3 is 15.0 Å². The molecule has 0 spiro atoms. The molecule has 0 aromatic heterocycles. The lowest BCUT2D eigenvalue weighted by Crippen LogP contribution is -2.52. The Balaban J connectivity index is 1.68. The zero-order valence-electron chi connectivity index (χ0n) is 23.5. The van der Waals surface area contributed by atoms with Crippen molar-refractivity contribution in [2.45, 2.75) is 63.1 Å². The molecule has 3 aromatic carbocycles. The molecule has 218 valence electrons. The van der Waals surface area contributed by atoms with Crippen LogP contribution in [0, 0.1) is 6.92 Å². The average molecular weight is 598 g/mol. The Kier molecular flexibility index (Phi) is 9.94. The molecular weight excluding hydrogens is 562 g/mol. The summed E-state index contributed by atoms with van der Waals surface area (Å²) in [6.45, 7) is 3.15. The van der Waals surface area contributed by atoms with E-state index in [9.17, 15) is 18.0 Å². The Bertz CT molecular complexity index is 1460. The summed E-state index contributed by atoms with van der Waals surface area (Å²) < 4.78 is 34.1. The molecule has 10 heteroatoms. The lowest BCUT2D eigenvalue weighted by Gasteiger charge is -2.32. The smallest absolute Gasteiger partial charge is 0.264 e. The number of benzene rings is 3. The predicted molar refractivity (Wildman–Crippen MR) is 161 cm³/mol. The van der Waals surface area contributed by atoms with Crippen LogP contribution in [-0.2, 0) is 26.2 Å². The van der Waals surface area contributed by atoms with Crippen molar-refractivity contribution in [3.8, 4) is 5.75 Å². The summed E-state index contributed by atoms with van der Waals surface area (Å²) in [5.74, 6) is -0.277. The van der Waals surface area contributed by atoms with Crippen LogP contribution >= 0.6 is 11.6 Å². The Labute approximate surface area is 247 Å². The van der Waals surface area contributed by atoms with Gasteiger partial charge in [-0.05, 0) is 80.8 Å². The van der Waals surface area contributed by atoms with Crippen LogP contribution in [0.2, 0.25) is 5.02 Å². The normalized spacial score (nSPS) is 14.3.